The number of benzene rings is 2. The summed E-state index contributed by atoms with van der Waals surface area (Å²) in [5, 5.41) is 0.305. The Bertz CT molecular complexity index is 1170. The molecule has 8 heteroatoms. The Kier molecular flexibility index (Phi) is 3.35. The molecule has 1 aliphatic rings. The van der Waals surface area contributed by atoms with Gasteiger partial charge in [-0.1, -0.05) is 17.7 Å². The first-order valence-corrected chi connectivity index (χ1v) is 9.04. The minimum atomic E-state index is -0.638. The molecule has 0 spiro atoms. The fraction of sp³-hybridized carbons (Fsp3) is 0.0556. The molecule has 1 unspecified atom stereocenters. The van der Waals surface area contributed by atoms with Crippen molar-refractivity contribution in [1.29, 1.82) is 0 Å². The molecule has 0 bridgehead atoms. The van der Waals surface area contributed by atoms with E-state index in [9.17, 15) is 9.18 Å². The fourth-order valence-electron chi connectivity index (χ4n) is 3.31. The highest BCUT2D eigenvalue weighted by Gasteiger charge is 2.42. The molecule has 5 nitrogen and oxygen atoms in total. The lowest BCUT2D eigenvalue weighted by atomic mass is 10.0. The number of H-pyrrole nitrogens is 1. The number of nitrogens with one attached hydrogen (secondary N) is 1. The number of anilines is 1. The third-order valence-corrected chi connectivity index (χ3v) is 5.53. The average molecular weight is 385 g/mol. The van der Waals surface area contributed by atoms with Crippen molar-refractivity contribution in [3.8, 4) is 0 Å². The molecule has 1 amide bonds. The van der Waals surface area contributed by atoms with Crippen molar-refractivity contribution in [3.63, 3.8) is 0 Å². The van der Waals surface area contributed by atoms with E-state index in [2.05, 4.69) is 15.0 Å². The van der Waals surface area contributed by atoms with Crippen molar-refractivity contribution in [3.05, 3.63) is 75.2 Å². The molecule has 4 aromatic rings. The molecular formula is C18H10ClFN4OS. The highest BCUT2D eigenvalue weighted by molar-refractivity contribution is 7.12. The van der Waals surface area contributed by atoms with Gasteiger partial charge in [0.1, 0.15) is 16.7 Å². The Morgan fingerprint density at radius 3 is 2.92 bits per heavy atom. The second-order valence-corrected chi connectivity index (χ2v) is 7.21. The molecule has 1 aliphatic heterocycles. The van der Waals surface area contributed by atoms with Gasteiger partial charge in [-0.3, -0.25) is 9.69 Å². The first-order valence-electron chi connectivity index (χ1n) is 7.78. The van der Waals surface area contributed by atoms with Crippen LogP contribution >= 0.6 is 22.9 Å². The molecule has 128 valence electrons. The maximum absolute atomic E-state index is 14.7. The predicted molar refractivity (Wildman–Crippen MR) is 98.3 cm³/mol. The number of halogens is 2. The molecule has 1 atom stereocenters. The van der Waals surface area contributed by atoms with E-state index in [1.165, 1.54) is 17.4 Å². The Balaban J connectivity index is 1.71. The van der Waals surface area contributed by atoms with Crippen molar-refractivity contribution >= 4 is 45.6 Å². The summed E-state index contributed by atoms with van der Waals surface area (Å²) in [6, 6.07) is 9.29. The fourth-order valence-corrected chi connectivity index (χ4v) is 4.22. The normalized spacial score (nSPS) is 16.5. The number of nitrogens with zero attached hydrogens (tertiary/aromatic N) is 3. The molecule has 3 heterocycles. The number of hydrogen-bond acceptors (Lipinski definition) is 4. The Morgan fingerprint density at radius 2 is 2.08 bits per heavy atom. The third-order valence-electron chi connectivity index (χ3n) is 4.46. The van der Waals surface area contributed by atoms with E-state index in [0.29, 0.717) is 26.8 Å². The lowest BCUT2D eigenvalue weighted by Gasteiger charge is -2.25. The zero-order valence-corrected chi connectivity index (χ0v) is 14.7. The van der Waals surface area contributed by atoms with E-state index in [1.54, 1.807) is 34.9 Å². The standard InChI is InChI=1S/C18H10ClFN4OS/c19-9-1-3-11(12(20)5-9)16-15-17(26-8-23-15)18(25)24(16)10-2-4-13-14(6-10)22-7-21-13/h1-8,16H,(H,21,22). The van der Waals surface area contributed by atoms with Crippen LogP contribution in [0.25, 0.3) is 11.0 Å². The van der Waals surface area contributed by atoms with E-state index in [1.807, 2.05) is 12.1 Å². The van der Waals surface area contributed by atoms with Crippen molar-refractivity contribution < 1.29 is 9.18 Å². The zero-order valence-electron chi connectivity index (χ0n) is 13.1. The van der Waals surface area contributed by atoms with Gasteiger partial charge < -0.3 is 4.98 Å². The number of thiazole rings is 1. The summed E-state index contributed by atoms with van der Waals surface area (Å²) in [5.41, 5.74) is 4.77. The van der Waals surface area contributed by atoms with Crippen LogP contribution in [0.2, 0.25) is 5.02 Å². The number of imidazole rings is 1. The summed E-state index contributed by atoms with van der Waals surface area (Å²) < 4.78 is 14.7. The molecule has 0 fully saturated rings. The van der Waals surface area contributed by atoms with Crippen LogP contribution in [-0.4, -0.2) is 20.9 Å². The second kappa shape index (κ2) is 5.62. The summed E-state index contributed by atoms with van der Waals surface area (Å²) in [5.74, 6) is -0.663. The lowest BCUT2D eigenvalue weighted by Crippen LogP contribution is -2.29. The quantitative estimate of drug-likeness (QED) is 0.551. The third kappa shape index (κ3) is 2.17. The van der Waals surface area contributed by atoms with E-state index in [4.69, 9.17) is 11.6 Å². The van der Waals surface area contributed by atoms with Crippen LogP contribution in [0.15, 0.2) is 48.2 Å². The summed E-state index contributed by atoms with van der Waals surface area (Å²) in [6.45, 7) is 0. The molecule has 0 saturated heterocycles. The Morgan fingerprint density at radius 1 is 1.19 bits per heavy atom. The predicted octanol–water partition coefficient (Wildman–Crippen LogP) is 4.56. The van der Waals surface area contributed by atoms with Gasteiger partial charge >= 0.3 is 0 Å². The molecule has 2 aromatic carbocycles. The number of amides is 1. The summed E-state index contributed by atoms with van der Waals surface area (Å²) in [6.07, 6.45) is 1.59. The summed E-state index contributed by atoms with van der Waals surface area (Å²) >= 11 is 7.15. The largest absolute Gasteiger partial charge is 0.345 e. The van der Waals surface area contributed by atoms with Gasteiger partial charge in [0.2, 0.25) is 0 Å². The van der Waals surface area contributed by atoms with Crippen molar-refractivity contribution in [1.82, 2.24) is 15.0 Å². The molecule has 5 rings (SSSR count). The number of carbonyl (C=O) groups is 1. The molecule has 2 aromatic heterocycles. The first kappa shape index (κ1) is 15.5. The number of carbonyl (C=O) groups excluding carboxylic acids is 1. The van der Waals surface area contributed by atoms with Crippen LogP contribution in [0, 0.1) is 5.82 Å². The van der Waals surface area contributed by atoms with Gasteiger partial charge in [0.05, 0.1) is 28.6 Å². The number of aromatic nitrogens is 3. The Hall–Kier alpha value is -2.77. The highest BCUT2D eigenvalue weighted by atomic mass is 35.5. The number of fused-ring (bicyclic) bond motifs is 2. The van der Waals surface area contributed by atoms with Gasteiger partial charge in [0, 0.05) is 16.3 Å². The molecule has 0 saturated carbocycles. The van der Waals surface area contributed by atoms with Crippen LogP contribution in [0.3, 0.4) is 0 Å². The van der Waals surface area contributed by atoms with Crippen molar-refractivity contribution in [2.45, 2.75) is 6.04 Å². The van der Waals surface area contributed by atoms with Gasteiger partial charge in [-0.15, -0.1) is 11.3 Å². The Labute approximate surface area is 156 Å². The maximum atomic E-state index is 14.7. The molecule has 0 aliphatic carbocycles. The van der Waals surface area contributed by atoms with Gasteiger partial charge in [0.15, 0.2) is 0 Å². The van der Waals surface area contributed by atoms with Crippen LogP contribution in [0.4, 0.5) is 10.1 Å². The summed E-state index contributed by atoms with van der Waals surface area (Å²) in [4.78, 5) is 26.7. The average Bonchev–Trinajstić information content (AvgIpc) is 3.32. The van der Waals surface area contributed by atoms with Gasteiger partial charge in [-0.05, 0) is 30.3 Å². The van der Waals surface area contributed by atoms with Crippen LogP contribution in [-0.2, 0) is 0 Å². The lowest BCUT2D eigenvalue weighted by molar-refractivity contribution is 0.0996. The SMILES string of the molecule is O=C1c2scnc2C(c2ccc(Cl)cc2F)N1c1ccc2nc[nH]c2c1. The van der Waals surface area contributed by atoms with E-state index in [-0.39, 0.29) is 5.91 Å². The van der Waals surface area contributed by atoms with Crippen LogP contribution in [0.5, 0.6) is 0 Å². The van der Waals surface area contributed by atoms with Gasteiger partial charge in [0.25, 0.3) is 5.91 Å². The number of aromatic amines is 1. The highest BCUT2D eigenvalue weighted by Crippen LogP contribution is 2.43. The molecular weight excluding hydrogens is 375 g/mol. The van der Waals surface area contributed by atoms with E-state index in [0.717, 1.165) is 11.0 Å². The van der Waals surface area contributed by atoms with Crippen molar-refractivity contribution in [2.24, 2.45) is 0 Å². The van der Waals surface area contributed by atoms with E-state index >= 15 is 0 Å². The van der Waals surface area contributed by atoms with E-state index < -0.39 is 11.9 Å². The van der Waals surface area contributed by atoms with Crippen molar-refractivity contribution in [2.75, 3.05) is 4.90 Å². The van der Waals surface area contributed by atoms with Crippen LogP contribution in [0.1, 0.15) is 27.0 Å². The number of hydrogen-bond donors (Lipinski definition) is 1. The second-order valence-electron chi connectivity index (χ2n) is 5.91. The zero-order chi connectivity index (χ0) is 17.8. The number of rotatable bonds is 2. The topological polar surface area (TPSA) is 61.9 Å². The smallest absolute Gasteiger partial charge is 0.271 e. The molecule has 0 radical (unpaired) electrons. The molecule has 26 heavy (non-hydrogen) atoms. The maximum Gasteiger partial charge on any atom is 0.271 e. The van der Waals surface area contributed by atoms with Gasteiger partial charge in [-0.2, -0.15) is 0 Å². The van der Waals surface area contributed by atoms with Crippen LogP contribution < -0.4 is 4.90 Å². The minimum absolute atomic E-state index is 0.194. The summed E-state index contributed by atoms with van der Waals surface area (Å²) in [7, 11) is 0. The monoisotopic (exact) mass is 384 g/mol. The van der Waals surface area contributed by atoms with Gasteiger partial charge in [-0.25, -0.2) is 14.4 Å². The minimum Gasteiger partial charge on any atom is -0.345 e. The molecule has 1 N–H and O–H groups in total. The first-order chi connectivity index (χ1) is 12.6.